The zero-order valence-corrected chi connectivity index (χ0v) is 10.7. The normalized spacial score (nSPS) is 10.7. The van der Waals surface area contributed by atoms with Gasteiger partial charge in [-0.3, -0.25) is 4.79 Å². The number of carboxylic acids is 1. The summed E-state index contributed by atoms with van der Waals surface area (Å²) in [5, 5.41) is 11.3. The van der Waals surface area contributed by atoms with Gasteiger partial charge in [0.25, 0.3) is 0 Å². The number of carbonyl (C=O) groups is 1. The number of pyridine rings is 1. The van der Waals surface area contributed by atoms with Crippen LogP contribution >= 0.6 is 15.9 Å². The molecule has 0 amide bonds. The molecule has 1 heterocycles. The standard InChI is InChI=1S/C12H10BrNO3/c1-2-14-6-9(12(16)17)11(15)8-5-7(13)3-4-10(8)14/h3-6H,2H2,1H3,(H,16,17)/p-1. The Morgan fingerprint density at radius 1 is 1.47 bits per heavy atom. The second-order valence-electron chi connectivity index (χ2n) is 3.61. The van der Waals surface area contributed by atoms with Crippen molar-refractivity contribution in [3.05, 3.63) is 44.7 Å². The van der Waals surface area contributed by atoms with Gasteiger partial charge in [0.2, 0.25) is 0 Å². The van der Waals surface area contributed by atoms with Crippen LogP contribution < -0.4 is 10.5 Å². The van der Waals surface area contributed by atoms with E-state index in [1.165, 1.54) is 6.20 Å². The summed E-state index contributed by atoms with van der Waals surface area (Å²) in [6.45, 7) is 2.46. The van der Waals surface area contributed by atoms with E-state index in [0.29, 0.717) is 17.4 Å². The highest BCUT2D eigenvalue weighted by molar-refractivity contribution is 9.10. The lowest BCUT2D eigenvalue weighted by Crippen LogP contribution is -2.30. The third-order valence-corrected chi connectivity index (χ3v) is 3.10. The van der Waals surface area contributed by atoms with Crippen molar-refractivity contribution in [2.75, 3.05) is 0 Å². The SMILES string of the molecule is CCn1cc(C(=O)[O-])c(=O)c2cc(Br)ccc21. The third kappa shape index (κ3) is 1.98. The number of hydrogen-bond donors (Lipinski definition) is 0. The number of carbonyl (C=O) groups excluding carboxylic acids is 1. The van der Waals surface area contributed by atoms with E-state index in [1.807, 2.05) is 13.0 Å². The number of aromatic carboxylic acids is 1. The van der Waals surface area contributed by atoms with E-state index >= 15 is 0 Å². The van der Waals surface area contributed by atoms with Crippen molar-refractivity contribution < 1.29 is 9.90 Å². The van der Waals surface area contributed by atoms with Gasteiger partial charge in [0.15, 0.2) is 5.43 Å². The van der Waals surface area contributed by atoms with Crippen molar-refractivity contribution in [3.8, 4) is 0 Å². The maximum absolute atomic E-state index is 11.9. The third-order valence-electron chi connectivity index (χ3n) is 2.60. The van der Waals surface area contributed by atoms with Gasteiger partial charge in [-0.1, -0.05) is 15.9 Å². The molecule has 0 bridgehead atoms. The lowest BCUT2D eigenvalue weighted by Gasteiger charge is -2.12. The predicted molar refractivity (Wildman–Crippen MR) is 65.9 cm³/mol. The van der Waals surface area contributed by atoms with Gasteiger partial charge in [0.05, 0.1) is 17.0 Å². The largest absolute Gasteiger partial charge is 0.545 e. The summed E-state index contributed by atoms with van der Waals surface area (Å²) in [4.78, 5) is 22.8. The number of rotatable bonds is 2. The molecule has 0 fully saturated rings. The van der Waals surface area contributed by atoms with Crippen LogP contribution in [0.5, 0.6) is 0 Å². The summed E-state index contributed by atoms with van der Waals surface area (Å²) in [6.07, 6.45) is 1.33. The van der Waals surface area contributed by atoms with Crippen LogP contribution in [0.3, 0.4) is 0 Å². The summed E-state index contributed by atoms with van der Waals surface area (Å²) >= 11 is 3.26. The minimum Gasteiger partial charge on any atom is -0.545 e. The molecule has 4 nitrogen and oxygen atoms in total. The average Bonchev–Trinajstić information content (AvgIpc) is 2.29. The van der Waals surface area contributed by atoms with Crippen molar-refractivity contribution in [1.29, 1.82) is 0 Å². The van der Waals surface area contributed by atoms with E-state index in [2.05, 4.69) is 15.9 Å². The Labute approximate surface area is 106 Å². The molecule has 1 aromatic heterocycles. The molecule has 0 spiro atoms. The van der Waals surface area contributed by atoms with E-state index in [1.54, 1.807) is 16.7 Å². The minimum atomic E-state index is -1.45. The van der Waals surface area contributed by atoms with Gasteiger partial charge in [-0.2, -0.15) is 0 Å². The maximum atomic E-state index is 11.9. The van der Waals surface area contributed by atoms with Crippen molar-refractivity contribution in [3.63, 3.8) is 0 Å². The summed E-state index contributed by atoms with van der Waals surface area (Å²) in [5.74, 6) is -1.45. The maximum Gasteiger partial charge on any atom is 0.198 e. The van der Waals surface area contributed by atoms with Crippen LogP contribution in [0.25, 0.3) is 10.9 Å². The van der Waals surface area contributed by atoms with Gasteiger partial charge >= 0.3 is 0 Å². The molecule has 0 saturated heterocycles. The number of hydrogen-bond acceptors (Lipinski definition) is 3. The number of aromatic nitrogens is 1. The van der Waals surface area contributed by atoms with Crippen LogP contribution in [-0.2, 0) is 6.54 Å². The summed E-state index contributed by atoms with van der Waals surface area (Å²) in [6, 6.07) is 5.21. The van der Waals surface area contributed by atoms with Gasteiger partial charge in [0.1, 0.15) is 0 Å². The Bertz CT molecular complexity index is 661. The highest BCUT2D eigenvalue weighted by Crippen LogP contribution is 2.17. The molecule has 0 atom stereocenters. The Morgan fingerprint density at radius 2 is 2.18 bits per heavy atom. The van der Waals surface area contributed by atoms with Crippen LogP contribution in [0.1, 0.15) is 17.3 Å². The van der Waals surface area contributed by atoms with Crippen molar-refractivity contribution in [2.24, 2.45) is 0 Å². The molecule has 2 aromatic rings. The van der Waals surface area contributed by atoms with E-state index in [9.17, 15) is 14.7 Å². The quantitative estimate of drug-likeness (QED) is 0.835. The number of fused-ring (bicyclic) bond motifs is 1. The fourth-order valence-corrected chi connectivity index (χ4v) is 2.14. The fourth-order valence-electron chi connectivity index (χ4n) is 1.78. The Kier molecular flexibility index (Phi) is 3.02. The van der Waals surface area contributed by atoms with Crippen molar-refractivity contribution >= 4 is 32.8 Å². The van der Waals surface area contributed by atoms with E-state index in [-0.39, 0.29) is 5.56 Å². The van der Waals surface area contributed by atoms with E-state index in [4.69, 9.17) is 0 Å². The number of halogens is 1. The van der Waals surface area contributed by atoms with Gasteiger partial charge in [0, 0.05) is 22.6 Å². The second kappa shape index (κ2) is 4.33. The molecule has 5 heteroatoms. The fraction of sp³-hybridized carbons (Fsp3) is 0.167. The number of nitrogens with zero attached hydrogens (tertiary/aromatic N) is 1. The highest BCUT2D eigenvalue weighted by Gasteiger charge is 2.09. The Hall–Kier alpha value is -1.62. The van der Waals surface area contributed by atoms with Crippen LogP contribution in [0.2, 0.25) is 0 Å². The first-order valence-corrected chi connectivity index (χ1v) is 5.88. The first kappa shape index (κ1) is 11.9. The highest BCUT2D eigenvalue weighted by atomic mass is 79.9. The molecule has 1 aromatic carbocycles. The summed E-state index contributed by atoms with van der Waals surface area (Å²) in [5.41, 5.74) is -0.103. The van der Waals surface area contributed by atoms with Gasteiger partial charge in [-0.05, 0) is 25.1 Å². The minimum absolute atomic E-state index is 0.308. The van der Waals surface area contributed by atoms with Crippen molar-refractivity contribution in [2.45, 2.75) is 13.5 Å². The molecule has 0 unspecified atom stereocenters. The average molecular weight is 295 g/mol. The number of carboxylic acid groups (broad SMARTS) is 1. The van der Waals surface area contributed by atoms with Gasteiger partial charge in [-0.15, -0.1) is 0 Å². The monoisotopic (exact) mass is 294 g/mol. The van der Waals surface area contributed by atoms with Crippen LogP contribution in [0, 0.1) is 0 Å². The lowest BCUT2D eigenvalue weighted by atomic mass is 10.1. The molecule has 88 valence electrons. The smallest absolute Gasteiger partial charge is 0.198 e. The van der Waals surface area contributed by atoms with Crippen molar-refractivity contribution in [1.82, 2.24) is 4.57 Å². The lowest BCUT2D eigenvalue weighted by molar-refractivity contribution is -0.255. The molecule has 0 aliphatic heterocycles. The molecule has 0 radical (unpaired) electrons. The predicted octanol–water partition coefficient (Wildman–Crippen LogP) is 1.15. The molecular weight excluding hydrogens is 286 g/mol. The second-order valence-corrected chi connectivity index (χ2v) is 4.52. The molecule has 0 saturated carbocycles. The van der Waals surface area contributed by atoms with E-state index in [0.717, 1.165) is 4.47 Å². The molecular formula is C12H9BrNO3-. The first-order valence-electron chi connectivity index (χ1n) is 5.08. The van der Waals surface area contributed by atoms with Crippen LogP contribution in [0.4, 0.5) is 0 Å². The topological polar surface area (TPSA) is 62.1 Å². The molecule has 17 heavy (non-hydrogen) atoms. The molecule has 0 aliphatic carbocycles. The van der Waals surface area contributed by atoms with Crippen LogP contribution in [-0.4, -0.2) is 10.5 Å². The zero-order chi connectivity index (χ0) is 12.6. The Balaban J connectivity index is 2.96. The van der Waals surface area contributed by atoms with Crippen LogP contribution in [0.15, 0.2) is 33.7 Å². The summed E-state index contributed by atoms with van der Waals surface area (Å²) in [7, 11) is 0. The summed E-state index contributed by atoms with van der Waals surface area (Å²) < 4.78 is 2.45. The first-order chi connectivity index (χ1) is 8.04. The number of benzene rings is 1. The van der Waals surface area contributed by atoms with Gasteiger partial charge in [-0.25, -0.2) is 0 Å². The Morgan fingerprint density at radius 3 is 2.76 bits per heavy atom. The molecule has 0 N–H and O–H groups in total. The molecule has 2 rings (SSSR count). The number of aryl methyl sites for hydroxylation is 1. The zero-order valence-electron chi connectivity index (χ0n) is 9.07. The van der Waals surface area contributed by atoms with E-state index < -0.39 is 11.4 Å². The van der Waals surface area contributed by atoms with Gasteiger partial charge < -0.3 is 14.5 Å². The molecule has 0 aliphatic rings.